The molecule has 0 fully saturated rings. The van der Waals surface area contributed by atoms with Crippen LogP contribution in [0.1, 0.15) is 43.7 Å². The predicted molar refractivity (Wildman–Crippen MR) is 106 cm³/mol. The maximum atomic E-state index is 11.2. The summed E-state index contributed by atoms with van der Waals surface area (Å²) in [5, 5.41) is 3.40. The standard InChI is InChI=1S/C20H29N5O/c1-13(2)25(14(3)4)11-10-22-18-12-15(5)23-20(24-18)17-8-6-16(7-9-17)19(21)26/h6-9,12-14H,10-11H2,1-5H3,(H2,21,26)(H,22,23,24). The van der Waals surface area contributed by atoms with E-state index in [2.05, 4.69) is 47.9 Å². The van der Waals surface area contributed by atoms with Crippen molar-refractivity contribution in [3.63, 3.8) is 0 Å². The molecule has 1 heterocycles. The highest BCUT2D eigenvalue weighted by atomic mass is 16.1. The Morgan fingerprint density at radius 3 is 2.27 bits per heavy atom. The number of rotatable bonds is 8. The van der Waals surface area contributed by atoms with Gasteiger partial charge in [0.2, 0.25) is 5.91 Å². The number of aromatic nitrogens is 2. The fourth-order valence-electron chi connectivity index (χ4n) is 3.00. The van der Waals surface area contributed by atoms with Crippen molar-refractivity contribution in [3.05, 3.63) is 41.6 Å². The topological polar surface area (TPSA) is 84.1 Å². The molecule has 0 saturated heterocycles. The molecule has 0 aliphatic heterocycles. The quantitative estimate of drug-likeness (QED) is 0.760. The summed E-state index contributed by atoms with van der Waals surface area (Å²) < 4.78 is 0. The van der Waals surface area contributed by atoms with Gasteiger partial charge in [-0.15, -0.1) is 0 Å². The Labute approximate surface area is 155 Å². The summed E-state index contributed by atoms with van der Waals surface area (Å²) in [6, 6.07) is 9.97. The van der Waals surface area contributed by atoms with E-state index in [4.69, 9.17) is 5.73 Å². The number of amides is 1. The molecule has 1 aromatic carbocycles. The van der Waals surface area contributed by atoms with Crippen molar-refractivity contribution < 1.29 is 4.79 Å². The number of carbonyl (C=O) groups is 1. The smallest absolute Gasteiger partial charge is 0.248 e. The average Bonchev–Trinajstić information content (AvgIpc) is 2.57. The molecule has 0 aliphatic carbocycles. The maximum Gasteiger partial charge on any atom is 0.248 e. The van der Waals surface area contributed by atoms with Gasteiger partial charge in [-0.1, -0.05) is 12.1 Å². The van der Waals surface area contributed by atoms with Gasteiger partial charge in [0.1, 0.15) is 5.82 Å². The number of hydrogen-bond acceptors (Lipinski definition) is 5. The number of nitrogens with one attached hydrogen (secondary N) is 1. The zero-order chi connectivity index (χ0) is 19.3. The summed E-state index contributed by atoms with van der Waals surface area (Å²) in [5.41, 5.74) is 7.51. The lowest BCUT2D eigenvalue weighted by molar-refractivity contribution is 0.100. The number of aryl methyl sites for hydroxylation is 1. The molecule has 0 bridgehead atoms. The van der Waals surface area contributed by atoms with E-state index in [0.29, 0.717) is 23.5 Å². The van der Waals surface area contributed by atoms with Crippen LogP contribution in [0.4, 0.5) is 5.82 Å². The monoisotopic (exact) mass is 355 g/mol. The summed E-state index contributed by atoms with van der Waals surface area (Å²) in [5.74, 6) is 0.996. The molecule has 6 nitrogen and oxygen atoms in total. The van der Waals surface area contributed by atoms with Gasteiger partial charge >= 0.3 is 0 Å². The molecule has 1 aromatic heterocycles. The average molecular weight is 355 g/mol. The minimum atomic E-state index is -0.441. The number of benzene rings is 1. The first-order valence-electron chi connectivity index (χ1n) is 9.03. The summed E-state index contributed by atoms with van der Waals surface area (Å²) in [6.45, 7) is 12.5. The molecule has 0 atom stereocenters. The maximum absolute atomic E-state index is 11.2. The fourth-order valence-corrected chi connectivity index (χ4v) is 3.00. The van der Waals surface area contributed by atoms with Gasteiger partial charge in [0.15, 0.2) is 5.82 Å². The van der Waals surface area contributed by atoms with Crippen LogP contribution in [-0.4, -0.2) is 45.9 Å². The second-order valence-corrected chi connectivity index (χ2v) is 7.01. The second kappa shape index (κ2) is 8.76. The molecule has 0 radical (unpaired) electrons. The number of hydrogen-bond donors (Lipinski definition) is 2. The van der Waals surface area contributed by atoms with E-state index in [1.807, 2.05) is 25.1 Å². The van der Waals surface area contributed by atoms with E-state index in [1.54, 1.807) is 12.1 Å². The van der Waals surface area contributed by atoms with E-state index in [0.717, 1.165) is 30.2 Å². The molecule has 0 saturated carbocycles. The third-order valence-electron chi connectivity index (χ3n) is 4.28. The third kappa shape index (κ3) is 5.26. The van der Waals surface area contributed by atoms with Crippen molar-refractivity contribution in [3.8, 4) is 11.4 Å². The normalized spacial score (nSPS) is 11.4. The Hall–Kier alpha value is -2.47. The minimum Gasteiger partial charge on any atom is -0.369 e. The van der Waals surface area contributed by atoms with Gasteiger partial charge in [-0.2, -0.15) is 0 Å². The van der Waals surface area contributed by atoms with Gasteiger partial charge in [-0.3, -0.25) is 9.69 Å². The Kier molecular flexibility index (Phi) is 6.69. The molecule has 6 heteroatoms. The lowest BCUT2D eigenvalue weighted by Gasteiger charge is -2.30. The number of carbonyl (C=O) groups excluding carboxylic acids is 1. The van der Waals surface area contributed by atoms with Gasteiger partial charge in [-0.05, 0) is 46.8 Å². The van der Waals surface area contributed by atoms with Crippen LogP contribution in [0.5, 0.6) is 0 Å². The molecule has 0 aliphatic rings. The molecular formula is C20H29N5O. The second-order valence-electron chi connectivity index (χ2n) is 7.01. The zero-order valence-corrected chi connectivity index (χ0v) is 16.3. The Bertz CT molecular complexity index is 732. The first-order chi connectivity index (χ1) is 12.3. The van der Waals surface area contributed by atoms with Crippen LogP contribution in [0.15, 0.2) is 30.3 Å². The predicted octanol–water partition coefficient (Wildman–Crippen LogP) is 3.08. The van der Waals surface area contributed by atoms with Crippen LogP contribution in [0.25, 0.3) is 11.4 Å². The van der Waals surface area contributed by atoms with Crippen molar-refractivity contribution in [2.45, 2.75) is 46.7 Å². The molecule has 2 aromatic rings. The van der Waals surface area contributed by atoms with E-state index in [1.165, 1.54) is 0 Å². The first kappa shape index (κ1) is 19.8. The summed E-state index contributed by atoms with van der Waals surface area (Å²) >= 11 is 0. The SMILES string of the molecule is Cc1cc(NCCN(C(C)C)C(C)C)nc(-c2ccc(C(N)=O)cc2)n1. The largest absolute Gasteiger partial charge is 0.369 e. The van der Waals surface area contributed by atoms with Crippen LogP contribution in [-0.2, 0) is 0 Å². The Morgan fingerprint density at radius 2 is 1.73 bits per heavy atom. The number of anilines is 1. The summed E-state index contributed by atoms with van der Waals surface area (Å²) in [4.78, 5) is 22.7. The number of nitrogens with zero attached hydrogens (tertiary/aromatic N) is 3. The molecular weight excluding hydrogens is 326 g/mol. The van der Waals surface area contributed by atoms with Crippen molar-refractivity contribution >= 4 is 11.7 Å². The highest BCUT2D eigenvalue weighted by molar-refractivity contribution is 5.93. The van der Waals surface area contributed by atoms with E-state index >= 15 is 0 Å². The lowest BCUT2D eigenvalue weighted by Crippen LogP contribution is -2.40. The first-order valence-corrected chi connectivity index (χ1v) is 9.03. The molecule has 140 valence electrons. The van der Waals surface area contributed by atoms with Crippen LogP contribution in [0, 0.1) is 6.92 Å². The van der Waals surface area contributed by atoms with Crippen molar-refractivity contribution in [1.29, 1.82) is 0 Å². The number of primary amides is 1. The van der Waals surface area contributed by atoms with Crippen LogP contribution in [0.3, 0.4) is 0 Å². The highest BCUT2D eigenvalue weighted by Gasteiger charge is 2.13. The van der Waals surface area contributed by atoms with Crippen molar-refractivity contribution in [2.24, 2.45) is 5.73 Å². The summed E-state index contributed by atoms with van der Waals surface area (Å²) in [7, 11) is 0. The summed E-state index contributed by atoms with van der Waals surface area (Å²) in [6.07, 6.45) is 0. The molecule has 0 spiro atoms. The highest BCUT2D eigenvalue weighted by Crippen LogP contribution is 2.18. The van der Waals surface area contributed by atoms with Crippen LogP contribution >= 0.6 is 0 Å². The molecule has 2 rings (SSSR count). The van der Waals surface area contributed by atoms with E-state index in [-0.39, 0.29) is 0 Å². The molecule has 0 unspecified atom stereocenters. The van der Waals surface area contributed by atoms with Gasteiger partial charge < -0.3 is 11.1 Å². The van der Waals surface area contributed by atoms with Gasteiger partial charge in [0.05, 0.1) is 0 Å². The lowest BCUT2D eigenvalue weighted by atomic mass is 10.1. The fraction of sp³-hybridized carbons (Fsp3) is 0.450. The van der Waals surface area contributed by atoms with Gasteiger partial charge in [0, 0.05) is 48.1 Å². The Balaban J connectivity index is 2.10. The van der Waals surface area contributed by atoms with Crippen molar-refractivity contribution in [1.82, 2.24) is 14.9 Å². The zero-order valence-electron chi connectivity index (χ0n) is 16.3. The van der Waals surface area contributed by atoms with E-state index < -0.39 is 5.91 Å². The van der Waals surface area contributed by atoms with Crippen LogP contribution < -0.4 is 11.1 Å². The van der Waals surface area contributed by atoms with Gasteiger partial charge in [0.25, 0.3) is 0 Å². The van der Waals surface area contributed by atoms with Gasteiger partial charge in [-0.25, -0.2) is 9.97 Å². The van der Waals surface area contributed by atoms with Crippen molar-refractivity contribution in [2.75, 3.05) is 18.4 Å². The molecule has 26 heavy (non-hydrogen) atoms. The van der Waals surface area contributed by atoms with Crippen LogP contribution in [0.2, 0.25) is 0 Å². The Morgan fingerprint density at radius 1 is 1.12 bits per heavy atom. The molecule has 3 N–H and O–H groups in total. The molecule has 1 amide bonds. The van der Waals surface area contributed by atoms with E-state index in [9.17, 15) is 4.79 Å². The minimum absolute atomic E-state index is 0.441. The third-order valence-corrected chi connectivity index (χ3v) is 4.28. The number of nitrogens with two attached hydrogens (primary N) is 1.